The zero-order valence-corrected chi connectivity index (χ0v) is 13.6. The predicted octanol–water partition coefficient (Wildman–Crippen LogP) is 4.07. The standard InChI is InChI=1S/C17H19ClFN3O/c1-10(8-14(23)11-4-6-13(19)7-5-11)20-16-9-15(18)21-17(22-16)12-2-3-12/h4-7,9-10,12,14,23H,2-3,8H2,1H3,(H,20,21,22). The fourth-order valence-electron chi connectivity index (χ4n) is 2.50. The van der Waals surface area contributed by atoms with Crippen molar-refractivity contribution >= 4 is 17.4 Å². The summed E-state index contributed by atoms with van der Waals surface area (Å²) >= 11 is 6.05. The van der Waals surface area contributed by atoms with E-state index in [1.54, 1.807) is 18.2 Å². The Kier molecular flexibility index (Phi) is 4.78. The Morgan fingerprint density at radius 2 is 2.00 bits per heavy atom. The monoisotopic (exact) mass is 335 g/mol. The van der Waals surface area contributed by atoms with Gasteiger partial charge in [-0.3, -0.25) is 0 Å². The van der Waals surface area contributed by atoms with E-state index < -0.39 is 6.10 Å². The van der Waals surface area contributed by atoms with Gasteiger partial charge in [-0.1, -0.05) is 23.7 Å². The first-order valence-corrected chi connectivity index (χ1v) is 8.13. The third-order valence-electron chi connectivity index (χ3n) is 3.88. The minimum Gasteiger partial charge on any atom is -0.388 e. The highest BCUT2D eigenvalue weighted by Crippen LogP contribution is 2.38. The van der Waals surface area contributed by atoms with Crippen molar-refractivity contribution in [2.45, 2.75) is 44.2 Å². The van der Waals surface area contributed by atoms with Gasteiger partial charge in [0.25, 0.3) is 0 Å². The van der Waals surface area contributed by atoms with Crippen molar-refractivity contribution in [3.8, 4) is 0 Å². The second-order valence-corrected chi connectivity index (χ2v) is 6.44. The van der Waals surface area contributed by atoms with Gasteiger partial charge in [-0.15, -0.1) is 0 Å². The molecule has 23 heavy (non-hydrogen) atoms. The Bertz CT molecular complexity index is 676. The van der Waals surface area contributed by atoms with Gasteiger partial charge in [0.05, 0.1) is 6.10 Å². The van der Waals surface area contributed by atoms with Crippen LogP contribution in [0.25, 0.3) is 0 Å². The first-order chi connectivity index (χ1) is 11.0. The van der Waals surface area contributed by atoms with Crippen LogP contribution in [0.1, 0.15) is 49.6 Å². The number of nitrogens with zero attached hydrogens (tertiary/aromatic N) is 2. The molecule has 1 fully saturated rings. The summed E-state index contributed by atoms with van der Waals surface area (Å²) in [6.07, 6.45) is 2.03. The number of aliphatic hydroxyl groups is 1. The second kappa shape index (κ2) is 6.81. The molecule has 1 heterocycles. The van der Waals surface area contributed by atoms with Gasteiger partial charge in [0.2, 0.25) is 0 Å². The quantitative estimate of drug-likeness (QED) is 0.781. The Morgan fingerprint density at radius 1 is 1.30 bits per heavy atom. The number of hydrogen-bond acceptors (Lipinski definition) is 4. The Morgan fingerprint density at radius 3 is 2.65 bits per heavy atom. The normalized spacial score (nSPS) is 16.9. The highest BCUT2D eigenvalue weighted by molar-refractivity contribution is 6.29. The summed E-state index contributed by atoms with van der Waals surface area (Å²) in [5.74, 6) is 1.57. The molecule has 0 amide bonds. The summed E-state index contributed by atoms with van der Waals surface area (Å²) < 4.78 is 12.9. The molecule has 3 rings (SSSR count). The average Bonchev–Trinajstić information content (AvgIpc) is 3.31. The van der Waals surface area contributed by atoms with E-state index in [-0.39, 0.29) is 11.9 Å². The van der Waals surface area contributed by atoms with E-state index in [0.717, 1.165) is 18.7 Å². The molecule has 0 aliphatic heterocycles. The molecular weight excluding hydrogens is 317 g/mol. The van der Waals surface area contributed by atoms with Crippen molar-refractivity contribution < 1.29 is 9.50 Å². The summed E-state index contributed by atoms with van der Waals surface area (Å²) in [4.78, 5) is 8.74. The molecule has 2 aromatic rings. The van der Waals surface area contributed by atoms with E-state index in [2.05, 4.69) is 15.3 Å². The van der Waals surface area contributed by atoms with Crippen molar-refractivity contribution in [1.82, 2.24) is 9.97 Å². The lowest BCUT2D eigenvalue weighted by molar-refractivity contribution is 0.162. The van der Waals surface area contributed by atoms with Gasteiger partial charge >= 0.3 is 0 Å². The highest BCUT2D eigenvalue weighted by Gasteiger charge is 2.27. The number of anilines is 1. The molecule has 0 bridgehead atoms. The van der Waals surface area contributed by atoms with Gasteiger partial charge in [0, 0.05) is 18.0 Å². The van der Waals surface area contributed by atoms with E-state index in [1.807, 2.05) is 6.92 Å². The van der Waals surface area contributed by atoms with Gasteiger partial charge in [-0.25, -0.2) is 14.4 Å². The molecule has 1 aromatic heterocycles. The Labute approximate surface area is 139 Å². The second-order valence-electron chi connectivity index (χ2n) is 6.06. The fraction of sp³-hybridized carbons (Fsp3) is 0.412. The number of halogens is 2. The summed E-state index contributed by atoms with van der Waals surface area (Å²) in [6.45, 7) is 1.96. The fourth-order valence-corrected chi connectivity index (χ4v) is 2.69. The van der Waals surface area contributed by atoms with Gasteiger partial charge in [-0.05, 0) is 43.9 Å². The summed E-state index contributed by atoms with van der Waals surface area (Å²) in [5.41, 5.74) is 0.694. The van der Waals surface area contributed by atoms with Crippen LogP contribution in [0.3, 0.4) is 0 Å². The van der Waals surface area contributed by atoms with Crippen LogP contribution in [0, 0.1) is 5.82 Å². The lowest BCUT2D eigenvalue weighted by Gasteiger charge is -2.19. The third-order valence-corrected chi connectivity index (χ3v) is 4.07. The molecule has 2 atom stereocenters. The van der Waals surface area contributed by atoms with Gasteiger partial charge < -0.3 is 10.4 Å². The number of aromatic nitrogens is 2. The molecule has 0 spiro atoms. The number of nitrogens with one attached hydrogen (secondary N) is 1. The van der Waals surface area contributed by atoms with Crippen LogP contribution in [0.5, 0.6) is 0 Å². The average molecular weight is 336 g/mol. The molecule has 1 aliphatic carbocycles. The smallest absolute Gasteiger partial charge is 0.135 e. The first-order valence-electron chi connectivity index (χ1n) is 7.76. The summed E-state index contributed by atoms with van der Waals surface area (Å²) in [7, 11) is 0. The molecule has 1 aliphatic rings. The van der Waals surface area contributed by atoms with Crippen LogP contribution in [0.15, 0.2) is 30.3 Å². The van der Waals surface area contributed by atoms with Crippen LogP contribution in [-0.4, -0.2) is 21.1 Å². The van der Waals surface area contributed by atoms with E-state index in [0.29, 0.717) is 28.9 Å². The first kappa shape index (κ1) is 16.1. The molecule has 1 saturated carbocycles. The maximum Gasteiger partial charge on any atom is 0.135 e. The largest absolute Gasteiger partial charge is 0.388 e. The Hall–Kier alpha value is -1.72. The molecule has 1 aromatic carbocycles. The zero-order chi connectivity index (χ0) is 16.4. The van der Waals surface area contributed by atoms with Gasteiger partial charge in [-0.2, -0.15) is 0 Å². The molecule has 0 saturated heterocycles. The van der Waals surface area contributed by atoms with Crippen LogP contribution in [0.4, 0.5) is 10.2 Å². The minimum atomic E-state index is -0.668. The highest BCUT2D eigenvalue weighted by atomic mass is 35.5. The third kappa shape index (κ3) is 4.39. The van der Waals surface area contributed by atoms with Crippen LogP contribution >= 0.6 is 11.6 Å². The molecule has 0 radical (unpaired) electrons. The van der Waals surface area contributed by atoms with E-state index >= 15 is 0 Å². The van der Waals surface area contributed by atoms with Crippen molar-refractivity contribution in [3.05, 3.63) is 52.7 Å². The molecule has 2 N–H and O–H groups in total. The van der Waals surface area contributed by atoms with Gasteiger partial charge in [0.15, 0.2) is 0 Å². The van der Waals surface area contributed by atoms with E-state index in [4.69, 9.17) is 11.6 Å². The predicted molar refractivity (Wildman–Crippen MR) is 88.1 cm³/mol. The van der Waals surface area contributed by atoms with E-state index in [9.17, 15) is 9.50 Å². The van der Waals surface area contributed by atoms with Crippen LogP contribution < -0.4 is 5.32 Å². The minimum absolute atomic E-state index is 0.0203. The number of hydrogen-bond donors (Lipinski definition) is 2. The molecule has 2 unspecified atom stereocenters. The van der Waals surface area contributed by atoms with Crippen molar-refractivity contribution in [2.24, 2.45) is 0 Å². The maximum absolute atomic E-state index is 12.9. The number of aliphatic hydroxyl groups excluding tert-OH is 1. The van der Waals surface area contributed by atoms with Crippen molar-refractivity contribution in [3.63, 3.8) is 0 Å². The molecule has 4 nitrogen and oxygen atoms in total. The molecule has 6 heteroatoms. The van der Waals surface area contributed by atoms with Crippen LogP contribution in [0.2, 0.25) is 5.15 Å². The summed E-state index contributed by atoms with van der Waals surface area (Å²) in [6, 6.07) is 7.56. The van der Waals surface area contributed by atoms with E-state index in [1.165, 1.54) is 12.1 Å². The SMILES string of the molecule is CC(CC(O)c1ccc(F)cc1)Nc1cc(Cl)nc(C2CC2)n1. The topological polar surface area (TPSA) is 58.0 Å². The lowest BCUT2D eigenvalue weighted by atomic mass is 10.0. The van der Waals surface area contributed by atoms with Crippen molar-refractivity contribution in [1.29, 1.82) is 0 Å². The molecular formula is C17H19ClFN3O. The van der Waals surface area contributed by atoms with Crippen molar-refractivity contribution in [2.75, 3.05) is 5.32 Å². The lowest BCUT2D eigenvalue weighted by Crippen LogP contribution is -2.20. The summed E-state index contributed by atoms with van der Waals surface area (Å²) in [5, 5.41) is 13.9. The number of benzene rings is 1. The molecule has 122 valence electrons. The number of rotatable bonds is 6. The Balaban J connectivity index is 1.62. The zero-order valence-electron chi connectivity index (χ0n) is 12.8. The van der Waals surface area contributed by atoms with Gasteiger partial charge in [0.1, 0.15) is 22.6 Å². The maximum atomic E-state index is 12.9. The van der Waals surface area contributed by atoms with Crippen LogP contribution in [-0.2, 0) is 0 Å².